The molecule has 0 spiro atoms. The molecule has 2 rings (SSSR count). The first kappa shape index (κ1) is 15.0. The van der Waals surface area contributed by atoms with Crippen LogP contribution in [0.1, 0.15) is 51.4 Å². The lowest BCUT2D eigenvalue weighted by Crippen LogP contribution is -2.39. The third kappa shape index (κ3) is 3.40. The molecule has 19 heavy (non-hydrogen) atoms. The number of aryl methyl sites for hydroxylation is 2. The van der Waals surface area contributed by atoms with Crippen LogP contribution in [0.5, 0.6) is 0 Å². The first-order valence-electron chi connectivity index (χ1n) is 7.48. The van der Waals surface area contributed by atoms with E-state index >= 15 is 0 Å². The zero-order chi connectivity index (χ0) is 14.0. The van der Waals surface area contributed by atoms with Crippen LogP contribution in [-0.4, -0.2) is 15.8 Å². The van der Waals surface area contributed by atoms with Gasteiger partial charge in [-0.05, 0) is 60.9 Å². The zero-order valence-corrected chi connectivity index (χ0v) is 14.1. The molecule has 3 atom stereocenters. The van der Waals surface area contributed by atoms with E-state index in [1.54, 1.807) is 0 Å². The summed E-state index contributed by atoms with van der Waals surface area (Å²) < 4.78 is 3.27. The standard InChI is InChI=1S/C15H26BrN3/c1-5-19-14(15(16)12(4)18-19)9-17-13-7-6-10(2)8-11(13)3/h10-11,13,17H,5-9H2,1-4H3. The summed E-state index contributed by atoms with van der Waals surface area (Å²) in [7, 11) is 0. The number of hydrogen-bond donors (Lipinski definition) is 1. The van der Waals surface area contributed by atoms with Crippen LogP contribution in [0.2, 0.25) is 0 Å². The Bertz CT molecular complexity index is 427. The Labute approximate surface area is 125 Å². The molecule has 1 saturated carbocycles. The van der Waals surface area contributed by atoms with Crippen molar-refractivity contribution in [3.63, 3.8) is 0 Å². The Balaban J connectivity index is 1.99. The van der Waals surface area contributed by atoms with Gasteiger partial charge in [0, 0.05) is 19.1 Å². The minimum absolute atomic E-state index is 0.656. The normalized spacial score (nSPS) is 27.7. The minimum atomic E-state index is 0.656. The maximum absolute atomic E-state index is 4.55. The second-order valence-corrected chi connectivity index (χ2v) is 6.84. The van der Waals surface area contributed by atoms with Crippen molar-refractivity contribution in [2.45, 2.75) is 66.1 Å². The lowest BCUT2D eigenvalue weighted by Gasteiger charge is -2.33. The largest absolute Gasteiger partial charge is 0.308 e. The van der Waals surface area contributed by atoms with Gasteiger partial charge in [-0.2, -0.15) is 5.10 Å². The van der Waals surface area contributed by atoms with Gasteiger partial charge >= 0.3 is 0 Å². The van der Waals surface area contributed by atoms with Gasteiger partial charge in [-0.15, -0.1) is 0 Å². The van der Waals surface area contributed by atoms with E-state index < -0.39 is 0 Å². The quantitative estimate of drug-likeness (QED) is 0.909. The van der Waals surface area contributed by atoms with E-state index in [0.717, 1.165) is 30.6 Å². The fourth-order valence-electron chi connectivity index (χ4n) is 3.23. The molecule has 0 aliphatic heterocycles. The first-order valence-corrected chi connectivity index (χ1v) is 8.27. The summed E-state index contributed by atoms with van der Waals surface area (Å²) in [4.78, 5) is 0. The molecule has 1 N–H and O–H groups in total. The van der Waals surface area contributed by atoms with Crippen molar-refractivity contribution < 1.29 is 0 Å². The molecule has 108 valence electrons. The van der Waals surface area contributed by atoms with Crippen LogP contribution in [-0.2, 0) is 13.1 Å². The summed E-state index contributed by atoms with van der Waals surface area (Å²) in [6.45, 7) is 10.8. The molecule has 1 aromatic rings. The number of nitrogens with one attached hydrogen (secondary N) is 1. The van der Waals surface area contributed by atoms with Crippen molar-refractivity contribution in [1.82, 2.24) is 15.1 Å². The maximum Gasteiger partial charge on any atom is 0.0739 e. The lowest BCUT2D eigenvalue weighted by molar-refractivity contribution is 0.226. The van der Waals surface area contributed by atoms with E-state index in [1.165, 1.54) is 29.4 Å². The second-order valence-electron chi connectivity index (χ2n) is 6.04. The predicted octanol–water partition coefficient (Wildman–Crippen LogP) is 3.89. The summed E-state index contributed by atoms with van der Waals surface area (Å²) in [5, 5.41) is 8.30. The predicted molar refractivity (Wildman–Crippen MR) is 83.1 cm³/mol. The number of nitrogens with zero attached hydrogens (tertiary/aromatic N) is 2. The van der Waals surface area contributed by atoms with Crippen LogP contribution in [0.25, 0.3) is 0 Å². The van der Waals surface area contributed by atoms with Crippen LogP contribution in [0.15, 0.2) is 4.47 Å². The van der Waals surface area contributed by atoms with Crippen molar-refractivity contribution in [1.29, 1.82) is 0 Å². The van der Waals surface area contributed by atoms with E-state index in [2.05, 4.69) is 58.7 Å². The van der Waals surface area contributed by atoms with E-state index in [1.807, 2.05) is 0 Å². The maximum atomic E-state index is 4.55. The molecular formula is C15H26BrN3. The Morgan fingerprint density at radius 3 is 2.74 bits per heavy atom. The highest BCUT2D eigenvalue weighted by molar-refractivity contribution is 9.10. The third-order valence-corrected chi connectivity index (χ3v) is 5.45. The number of hydrogen-bond acceptors (Lipinski definition) is 2. The lowest BCUT2D eigenvalue weighted by atomic mass is 9.80. The van der Waals surface area contributed by atoms with Crippen molar-refractivity contribution in [2.24, 2.45) is 11.8 Å². The Kier molecular flexibility index (Phi) is 5.07. The molecule has 0 aromatic carbocycles. The van der Waals surface area contributed by atoms with Crippen LogP contribution in [0.4, 0.5) is 0 Å². The van der Waals surface area contributed by atoms with Gasteiger partial charge < -0.3 is 5.32 Å². The van der Waals surface area contributed by atoms with Crippen molar-refractivity contribution in [2.75, 3.05) is 0 Å². The fourth-order valence-corrected chi connectivity index (χ4v) is 3.66. The molecule has 1 aromatic heterocycles. The van der Waals surface area contributed by atoms with Gasteiger partial charge in [0.05, 0.1) is 15.9 Å². The topological polar surface area (TPSA) is 29.9 Å². The van der Waals surface area contributed by atoms with Crippen molar-refractivity contribution >= 4 is 15.9 Å². The molecule has 3 unspecified atom stereocenters. The van der Waals surface area contributed by atoms with Gasteiger partial charge in [0.25, 0.3) is 0 Å². The fraction of sp³-hybridized carbons (Fsp3) is 0.800. The highest BCUT2D eigenvalue weighted by Crippen LogP contribution is 2.29. The molecular weight excluding hydrogens is 302 g/mol. The first-order chi connectivity index (χ1) is 9.02. The zero-order valence-electron chi connectivity index (χ0n) is 12.5. The summed E-state index contributed by atoms with van der Waals surface area (Å²) in [6.07, 6.45) is 4.01. The molecule has 3 nitrogen and oxygen atoms in total. The Hall–Kier alpha value is -0.350. The Morgan fingerprint density at radius 2 is 2.11 bits per heavy atom. The molecule has 1 heterocycles. The summed E-state index contributed by atoms with van der Waals surface area (Å²) in [5.41, 5.74) is 2.37. The van der Waals surface area contributed by atoms with Gasteiger partial charge in [0.1, 0.15) is 0 Å². The Morgan fingerprint density at radius 1 is 1.37 bits per heavy atom. The number of halogens is 1. The molecule has 0 amide bonds. The minimum Gasteiger partial charge on any atom is -0.308 e. The van der Waals surface area contributed by atoms with Crippen LogP contribution >= 0.6 is 15.9 Å². The third-order valence-electron chi connectivity index (χ3n) is 4.42. The second kappa shape index (κ2) is 6.40. The number of aromatic nitrogens is 2. The average Bonchev–Trinajstić information content (AvgIpc) is 2.65. The summed E-state index contributed by atoms with van der Waals surface area (Å²) >= 11 is 3.67. The number of rotatable bonds is 4. The molecule has 0 saturated heterocycles. The van der Waals surface area contributed by atoms with E-state index in [9.17, 15) is 0 Å². The van der Waals surface area contributed by atoms with Gasteiger partial charge in [-0.25, -0.2) is 0 Å². The van der Waals surface area contributed by atoms with E-state index in [0.29, 0.717) is 6.04 Å². The smallest absolute Gasteiger partial charge is 0.0739 e. The van der Waals surface area contributed by atoms with Gasteiger partial charge in [-0.3, -0.25) is 4.68 Å². The van der Waals surface area contributed by atoms with Crippen LogP contribution in [0, 0.1) is 18.8 Å². The van der Waals surface area contributed by atoms with Crippen molar-refractivity contribution in [3.05, 3.63) is 15.9 Å². The summed E-state index contributed by atoms with van der Waals surface area (Å²) in [6, 6.07) is 0.656. The molecule has 1 aliphatic rings. The van der Waals surface area contributed by atoms with Crippen molar-refractivity contribution in [3.8, 4) is 0 Å². The molecule has 4 heteroatoms. The molecule has 1 fully saturated rings. The highest BCUT2D eigenvalue weighted by atomic mass is 79.9. The van der Waals surface area contributed by atoms with E-state index in [4.69, 9.17) is 0 Å². The van der Waals surface area contributed by atoms with Crippen LogP contribution < -0.4 is 5.32 Å². The SMILES string of the molecule is CCn1nc(C)c(Br)c1CNC1CCC(C)CC1C. The molecule has 0 bridgehead atoms. The van der Waals surface area contributed by atoms with E-state index in [-0.39, 0.29) is 0 Å². The van der Waals surface area contributed by atoms with Gasteiger partial charge in [0.15, 0.2) is 0 Å². The molecule has 0 radical (unpaired) electrons. The van der Waals surface area contributed by atoms with Gasteiger partial charge in [-0.1, -0.05) is 13.8 Å². The average molecular weight is 328 g/mol. The molecule has 1 aliphatic carbocycles. The monoisotopic (exact) mass is 327 g/mol. The van der Waals surface area contributed by atoms with Gasteiger partial charge in [0.2, 0.25) is 0 Å². The highest BCUT2D eigenvalue weighted by Gasteiger charge is 2.25. The summed E-state index contributed by atoms with van der Waals surface area (Å²) in [5.74, 6) is 1.67. The van der Waals surface area contributed by atoms with Crippen LogP contribution in [0.3, 0.4) is 0 Å².